The van der Waals surface area contributed by atoms with Crippen molar-refractivity contribution in [1.82, 2.24) is 0 Å². The molecule has 14 heavy (non-hydrogen) atoms. The summed E-state index contributed by atoms with van der Waals surface area (Å²) in [7, 11) is 1.29. The molecule has 82 valence electrons. The average Bonchev–Trinajstić information content (AvgIpc) is 2.23. The lowest BCUT2D eigenvalue weighted by Gasteiger charge is -2.22. The Morgan fingerprint density at radius 2 is 1.93 bits per heavy atom. The van der Waals surface area contributed by atoms with Crippen LogP contribution in [0.4, 0.5) is 0 Å². The Labute approximate surface area is 85.3 Å². The molecule has 0 spiro atoms. The summed E-state index contributed by atoms with van der Waals surface area (Å²) in [6.45, 7) is 3.34. The van der Waals surface area contributed by atoms with Gasteiger partial charge in [-0.05, 0) is 6.55 Å². The Kier molecular flexibility index (Phi) is 7.55. The fraction of sp³-hybridized carbons (Fsp3) is 0.875. The van der Waals surface area contributed by atoms with Crippen molar-refractivity contribution in [3.63, 3.8) is 0 Å². The van der Waals surface area contributed by atoms with Gasteiger partial charge in [-0.15, -0.1) is 0 Å². The predicted molar refractivity (Wildman–Crippen MR) is 54.3 cm³/mol. The molecule has 0 saturated carbocycles. The highest BCUT2D eigenvalue weighted by Gasteiger charge is 2.27. The van der Waals surface area contributed by atoms with Crippen molar-refractivity contribution in [2.45, 2.75) is 12.6 Å². The first-order chi connectivity index (χ1) is 6.68. The van der Waals surface area contributed by atoms with Crippen LogP contribution in [0, 0.1) is 0 Å². The van der Waals surface area contributed by atoms with Gasteiger partial charge in [0.2, 0.25) is 6.08 Å². The molecule has 0 aliphatic heterocycles. The largest absolute Gasteiger partial charge is 0.398 e. The highest BCUT2D eigenvalue weighted by Crippen LogP contribution is 2.10. The zero-order valence-corrected chi connectivity index (χ0v) is 9.91. The molecule has 0 saturated heterocycles. The molecule has 0 amide bonds. The van der Waals surface area contributed by atoms with E-state index in [0.717, 1.165) is 6.04 Å². The molecule has 6 heteroatoms. The molecule has 0 aliphatic carbocycles. The van der Waals surface area contributed by atoms with Crippen LogP contribution in [-0.2, 0) is 18.4 Å². The zero-order valence-electron chi connectivity index (χ0n) is 8.91. The third-order valence-corrected chi connectivity index (χ3v) is 4.82. The standard InChI is InChI=1S/C8H17NO4Si/c1-11-14(3,12-2)7-6-13-5-4-9-8-10/h4-7H2,1-3H3. The van der Waals surface area contributed by atoms with Crippen molar-refractivity contribution in [3.05, 3.63) is 0 Å². The van der Waals surface area contributed by atoms with Gasteiger partial charge in [-0.1, -0.05) is 0 Å². The van der Waals surface area contributed by atoms with Crippen LogP contribution in [0.3, 0.4) is 0 Å². The second-order valence-electron chi connectivity index (χ2n) is 2.88. The fourth-order valence-corrected chi connectivity index (χ4v) is 1.89. The van der Waals surface area contributed by atoms with Crippen LogP contribution in [0.2, 0.25) is 12.6 Å². The Hall–Kier alpha value is -0.523. The average molecular weight is 219 g/mol. The van der Waals surface area contributed by atoms with Gasteiger partial charge in [-0.25, -0.2) is 9.79 Å². The van der Waals surface area contributed by atoms with Crippen molar-refractivity contribution in [2.75, 3.05) is 34.0 Å². The normalized spacial score (nSPS) is 11.1. The van der Waals surface area contributed by atoms with Crippen molar-refractivity contribution in [1.29, 1.82) is 0 Å². The monoisotopic (exact) mass is 219 g/mol. The predicted octanol–water partition coefficient (Wildman–Crippen LogP) is 0.704. The van der Waals surface area contributed by atoms with Gasteiger partial charge in [0.25, 0.3) is 0 Å². The maximum absolute atomic E-state index is 9.71. The van der Waals surface area contributed by atoms with E-state index in [0.29, 0.717) is 19.8 Å². The minimum Gasteiger partial charge on any atom is -0.398 e. The summed E-state index contributed by atoms with van der Waals surface area (Å²) < 4.78 is 15.8. The molecule has 0 fully saturated rings. The first kappa shape index (κ1) is 13.5. The van der Waals surface area contributed by atoms with E-state index >= 15 is 0 Å². The topological polar surface area (TPSA) is 57.1 Å². The number of isocyanates is 1. The Morgan fingerprint density at radius 1 is 1.29 bits per heavy atom. The van der Waals surface area contributed by atoms with Crippen molar-refractivity contribution >= 4 is 14.6 Å². The molecule has 0 N–H and O–H groups in total. The highest BCUT2D eigenvalue weighted by molar-refractivity contribution is 6.65. The second kappa shape index (κ2) is 7.84. The number of ether oxygens (including phenoxy) is 1. The molecular weight excluding hydrogens is 202 g/mol. The zero-order chi connectivity index (χ0) is 10.9. The van der Waals surface area contributed by atoms with Crippen LogP contribution in [0.25, 0.3) is 0 Å². The van der Waals surface area contributed by atoms with E-state index < -0.39 is 8.56 Å². The Bertz CT molecular complexity index is 190. The van der Waals surface area contributed by atoms with E-state index in [1.807, 2.05) is 6.55 Å². The fourth-order valence-electron chi connectivity index (χ4n) is 0.803. The molecule has 0 aliphatic rings. The first-order valence-electron chi connectivity index (χ1n) is 4.40. The van der Waals surface area contributed by atoms with Crippen molar-refractivity contribution in [2.24, 2.45) is 4.99 Å². The summed E-state index contributed by atoms with van der Waals surface area (Å²) in [6.07, 6.45) is 1.45. The number of rotatable bonds is 8. The molecule has 0 rings (SSSR count). The molecule has 5 nitrogen and oxygen atoms in total. The van der Waals surface area contributed by atoms with Gasteiger partial charge < -0.3 is 13.6 Å². The van der Waals surface area contributed by atoms with Crippen LogP contribution in [0.1, 0.15) is 0 Å². The van der Waals surface area contributed by atoms with E-state index in [1.165, 1.54) is 6.08 Å². The lowest BCUT2D eigenvalue weighted by molar-refractivity contribution is 0.143. The van der Waals surface area contributed by atoms with Crippen molar-refractivity contribution in [3.8, 4) is 0 Å². The van der Waals surface area contributed by atoms with Gasteiger partial charge in [-0.2, -0.15) is 0 Å². The van der Waals surface area contributed by atoms with E-state index in [2.05, 4.69) is 4.99 Å². The lowest BCUT2D eigenvalue weighted by atomic mass is 10.7. The molecule has 0 bridgehead atoms. The van der Waals surface area contributed by atoms with Gasteiger partial charge in [0, 0.05) is 26.9 Å². The number of hydrogen-bond donors (Lipinski definition) is 0. The molecule has 0 aromatic rings. The maximum atomic E-state index is 9.71. The summed E-state index contributed by atoms with van der Waals surface area (Å²) >= 11 is 0. The minimum atomic E-state index is -2.00. The van der Waals surface area contributed by atoms with Gasteiger partial charge in [0.1, 0.15) is 0 Å². The van der Waals surface area contributed by atoms with Crippen LogP contribution in [0.5, 0.6) is 0 Å². The third-order valence-electron chi connectivity index (χ3n) is 1.98. The molecule has 0 unspecified atom stereocenters. The van der Waals surface area contributed by atoms with Crippen molar-refractivity contribution < 1.29 is 18.4 Å². The van der Waals surface area contributed by atoms with Gasteiger partial charge in [-0.3, -0.25) is 0 Å². The summed E-state index contributed by atoms with van der Waals surface area (Å²) in [4.78, 5) is 13.1. The molecule has 0 radical (unpaired) electrons. The first-order valence-corrected chi connectivity index (χ1v) is 6.92. The van der Waals surface area contributed by atoms with Crippen LogP contribution < -0.4 is 0 Å². The maximum Gasteiger partial charge on any atom is 0.336 e. The Balaban J connectivity index is 3.47. The molecule has 0 aromatic carbocycles. The summed E-state index contributed by atoms with van der Waals surface area (Å²) in [5, 5.41) is 0. The minimum absolute atomic E-state index is 0.363. The molecule has 0 aromatic heterocycles. The van der Waals surface area contributed by atoms with Gasteiger partial charge >= 0.3 is 8.56 Å². The van der Waals surface area contributed by atoms with E-state index in [1.54, 1.807) is 14.2 Å². The second-order valence-corrected chi connectivity index (χ2v) is 6.46. The molecule has 0 heterocycles. The smallest absolute Gasteiger partial charge is 0.336 e. The highest BCUT2D eigenvalue weighted by atomic mass is 28.4. The third kappa shape index (κ3) is 6.01. The Morgan fingerprint density at radius 3 is 2.43 bits per heavy atom. The lowest BCUT2D eigenvalue weighted by Crippen LogP contribution is -2.37. The number of carbonyl (C=O) groups excluding carboxylic acids is 1. The quantitative estimate of drug-likeness (QED) is 0.261. The number of aliphatic imine (C=N–C) groups is 1. The summed E-state index contributed by atoms with van der Waals surface area (Å²) in [5.74, 6) is 0. The summed E-state index contributed by atoms with van der Waals surface area (Å²) in [5.41, 5.74) is 0. The van der Waals surface area contributed by atoms with E-state index in [4.69, 9.17) is 13.6 Å². The summed E-state index contributed by atoms with van der Waals surface area (Å²) in [6, 6.07) is 0.769. The van der Waals surface area contributed by atoms with E-state index in [-0.39, 0.29) is 0 Å². The number of nitrogens with zero attached hydrogens (tertiary/aromatic N) is 1. The van der Waals surface area contributed by atoms with Gasteiger partial charge in [0.05, 0.1) is 13.2 Å². The van der Waals surface area contributed by atoms with Crippen LogP contribution >= 0.6 is 0 Å². The number of hydrogen-bond acceptors (Lipinski definition) is 5. The SMILES string of the molecule is CO[Si](C)(CCOCCN=C=O)OC. The van der Waals surface area contributed by atoms with Crippen LogP contribution in [0.15, 0.2) is 4.99 Å². The van der Waals surface area contributed by atoms with E-state index in [9.17, 15) is 4.79 Å². The van der Waals surface area contributed by atoms with Gasteiger partial charge in [0.15, 0.2) is 0 Å². The molecule has 0 atom stereocenters. The van der Waals surface area contributed by atoms with Crippen LogP contribution in [-0.4, -0.2) is 48.6 Å². The molecular formula is C8H17NO4Si.